The van der Waals surface area contributed by atoms with Gasteiger partial charge in [0.15, 0.2) is 0 Å². The molecule has 1 heterocycles. The van der Waals surface area contributed by atoms with E-state index in [1.807, 2.05) is 37.3 Å². The number of hydrogen-bond donors (Lipinski definition) is 2. The van der Waals surface area contributed by atoms with E-state index in [2.05, 4.69) is 27.1 Å². The van der Waals surface area contributed by atoms with Gasteiger partial charge in [-0.1, -0.05) is 25.1 Å². The molecule has 0 radical (unpaired) electrons. The SMILES string of the molecule is C=CCSc1ccccc1NC(=O)c1n[nH]c(CC)n1. The summed E-state index contributed by atoms with van der Waals surface area (Å²) < 4.78 is 0. The molecule has 2 N–H and O–H groups in total. The number of carbonyl (C=O) groups is 1. The molecule has 0 unspecified atom stereocenters. The second kappa shape index (κ2) is 6.91. The number of rotatable bonds is 6. The van der Waals surface area contributed by atoms with Crippen LogP contribution in [0.15, 0.2) is 41.8 Å². The Morgan fingerprint density at radius 3 is 3.00 bits per heavy atom. The van der Waals surface area contributed by atoms with Crippen LogP contribution >= 0.6 is 11.8 Å². The van der Waals surface area contributed by atoms with E-state index in [0.29, 0.717) is 12.2 Å². The number of hydrogen-bond acceptors (Lipinski definition) is 4. The van der Waals surface area contributed by atoms with Gasteiger partial charge in [0, 0.05) is 17.1 Å². The third kappa shape index (κ3) is 3.48. The van der Waals surface area contributed by atoms with Gasteiger partial charge in [-0.25, -0.2) is 4.98 Å². The number of H-pyrrole nitrogens is 1. The van der Waals surface area contributed by atoms with E-state index in [4.69, 9.17) is 0 Å². The van der Waals surface area contributed by atoms with Gasteiger partial charge in [0.05, 0.1) is 5.69 Å². The van der Waals surface area contributed by atoms with Gasteiger partial charge < -0.3 is 5.32 Å². The summed E-state index contributed by atoms with van der Waals surface area (Å²) in [6.07, 6.45) is 2.54. The van der Waals surface area contributed by atoms with Crippen LogP contribution in [0.3, 0.4) is 0 Å². The summed E-state index contributed by atoms with van der Waals surface area (Å²) in [7, 11) is 0. The summed E-state index contributed by atoms with van der Waals surface area (Å²) in [6, 6.07) is 7.63. The fourth-order valence-electron chi connectivity index (χ4n) is 1.58. The Morgan fingerprint density at radius 2 is 2.30 bits per heavy atom. The average molecular weight is 288 g/mol. The van der Waals surface area contributed by atoms with E-state index in [0.717, 1.165) is 16.3 Å². The minimum absolute atomic E-state index is 0.158. The second-order valence-corrected chi connectivity index (χ2v) is 5.07. The molecule has 0 saturated carbocycles. The van der Waals surface area contributed by atoms with Crippen molar-refractivity contribution in [1.29, 1.82) is 0 Å². The summed E-state index contributed by atoms with van der Waals surface area (Å²) in [5.74, 6) is 1.33. The largest absolute Gasteiger partial charge is 0.318 e. The smallest absolute Gasteiger partial charge is 0.295 e. The van der Waals surface area contributed by atoms with Gasteiger partial charge in [-0.2, -0.15) is 0 Å². The number of nitrogens with one attached hydrogen (secondary N) is 2. The molecule has 2 rings (SSSR count). The van der Waals surface area contributed by atoms with Gasteiger partial charge in [-0.05, 0) is 12.1 Å². The third-order valence-corrected chi connectivity index (χ3v) is 3.63. The van der Waals surface area contributed by atoms with Crippen LogP contribution in [-0.2, 0) is 6.42 Å². The van der Waals surface area contributed by atoms with Crippen LogP contribution in [0.5, 0.6) is 0 Å². The highest BCUT2D eigenvalue weighted by Crippen LogP contribution is 2.27. The Hall–Kier alpha value is -2.08. The van der Waals surface area contributed by atoms with Crippen molar-refractivity contribution < 1.29 is 4.79 Å². The molecule has 0 spiro atoms. The number of aromatic amines is 1. The zero-order chi connectivity index (χ0) is 14.4. The normalized spacial score (nSPS) is 10.2. The number of benzene rings is 1. The summed E-state index contributed by atoms with van der Waals surface area (Å²) in [4.78, 5) is 17.2. The Labute approximate surface area is 121 Å². The van der Waals surface area contributed by atoms with Crippen LogP contribution in [0.2, 0.25) is 0 Å². The first-order valence-corrected chi connectivity index (χ1v) is 7.28. The van der Waals surface area contributed by atoms with Gasteiger partial charge in [0.25, 0.3) is 5.91 Å². The number of aromatic nitrogens is 3. The van der Waals surface area contributed by atoms with E-state index in [-0.39, 0.29) is 11.7 Å². The lowest BCUT2D eigenvalue weighted by Crippen LogP contribution is -2.14. The quantitative estimate of drug-likeness (QED) is 0.633. The van der Waals surface area contributed by atoms with E-state index >= 15 is 0 Å². The second-order valence-electron chi connectivity index (χ2n) is 4.01. The predicted molar refractivity (Wildman–Crippen MR) is 81.1 cm³/mol. The first-order chi connectivity index (χ1) is 9.74. The molecule has 0 aliphatic carbocycles. The number of carbonyl (C=O) groups excluding carboxylic acids is 1. The van der Waals surface area contributed by atoms with Gasteiger partial charge in [-0.15, -0.1) is 23.4 Å². The molecule has 0 fully saturated rings. The monoisotopic (exact) mass is 288 g/mol. The highest BCUT2D eigenvalue weighted by atomic mass is 32.2. The minimum Gasteiger partial charge on any atom is -0.318 e. The highest BCUT2D eigenvalue weighted by Gasteiger charge is 2.13. The maximum absolute atomic E-state index is 12.1. The Kier molecular flexibility index (Phi) is 4.95. The number of amides is 1. The Morgan fingerprint density at radius 1 is 1.50 bits per heavy atom. The molecule has 2 aromatic rings. The lowest BCUT2D eigenvalue weighted by molar-refractivity contribution is 0.101. The molecule has 1 aromatic carbocycles. The molecule has 0 aliphatic heterocycles. The van der Waals surface area contributed by atoms with Crippen molar-refractivity contribution in [3.05, 3.63) is 48.6 Å². The molecule has 20 heavy (non-hydrogen) atoms. The zero-order valence-electron chi connectivity index (χ0n) is 11.2. The molecular weight excluding hydrogens is 272 g/mol. The molecule has 0 atom stereocenters. The number of nitrogens with zero attached hydrogens (tertiary/aromatic N) is 2. The molecule has 104 valence electrons. The van der Waals surface area contributed by atoms with Crippen molar-refractivity contribution in [3.8, 4) is 0 Å². The minimum atomic E-state index is -0.312. The van der Waals surface area contributed by atoms with Gasteiger partial charge in [0.2, 0.25) is 5.82 Å². The molecule has 1 amide bonds. The van der Waals surface area contributed by atoms with E-state index in [1.54, 1.807) is 11.8 Å². The number of anilines is 1. The Bertz CT molecular complexity index is 609. The van der Waals surface area contributed by atoms with E-state index in [1.165, 1.54) is 0 Å². The highest BCUT2D eigenvalue weighted by molar-refractivity contribution is 7.99. The van der Waals surface area contributed by atoms with Gasteiger partial charge in [-0.3, -0.25) is 9.89 Å². The van der Waals surface area contributed by atoms with E-state index in [9.17, 15) is 4.79 Å². The molecule has 0 saturated heterocycles. The van der Waals surface area contributed by atoms with Crippen molar-refractivity contribution in [1.82, 2.24) is 15.2 Å². The fourth-order valence-corrected chi connectivity index (χ4v) is 2.32. The Balaban J connectivity index is 2.12. The molecule has 0 aliphatic rings. The fraction of sp³-hybridized carbons (Fsp3) is 0.214. The zero-order valence-corrected chi connectivity index (χ0v) is 12.0. The van der Waals surface area contributed by atoms with Crippen LogP contribution < -0.4 is 5.32 Å². The van der Waals surface area contributed by atoms with Gasteiger partial charge in [0.1, 0.15) is 5.82 Å². The number of thioether (sulfide) groups is 1. The number of para-hydroxylation sites is 1. The topological polar surface area (TPSA) is 70.7 Å². The van der Waals surface area contributed by atoms with Crippen molar-refractivity contribution >= 4 is 23.4 Å². The summed E-state index contributed by atoms with van der Waals surface area (Å²) in [6.45, 7) is 5.64. The summed E-state index contributed by atoms with van der Waals surface area (Å²) >= 11 is 1.61. The van der Waals surface area contributed by atoms with Crippen LogP contribution in [0, 0.1) is 0 Å². The molecule has 1 aromatic heterocycles. The van der Waals surface area contributed by atoms with Crippen LogP contribution in [0.1, 0.15) is 23.4 Å². The molecule has 0 bridgehead atoms. The first-order valence-electron chi connectivity index (χ1n) is 6.30. The first kappa shape index (κ1) is 14.3. The van der Waals surface area contributed by atoms with Crippen molar-refractivity contribution in [2.45, 2.75) is 18.2 Å². The standard InChI is InChI=1S/C14H16N4OS/c1-3-9-20-11-8-6-5-7-10(11)15-14(19)13-16-12(4-2)17-18-13/h3,5-8H,1,4,9H2,2H3,(H,15,19)(H,16,17,18). The molecule has 6 heteroatoms. The average Bonchev–Trinajstić information content (AvgIpc) is 2.95. The predicted octanol–water partition coefficient (Wildman–Crippen LogP) is 2.90. The summed E-state index contributed by atoms with van der Waals surface area (Å²) in [5.41, 5.74) is 0.757. The lowest BCUT2D eigenvalue weighted by atomic mass is 10.3. The van der Waals surface area contributed by atoms with Crippen molar-refractivity contribution in [2.24, 2.45) is 0 Å². The molecular formula is C14H16N4OS. The van der Waals surface area contributed by atoms with Crippen LogP contribution in [-0.4, -0.2) is 26.8 Å². The van der Waals surface area contributed by atoms with Crippen LogP contribution in [0.25, 0.3) is 0 Å². The van der Waals surface area contributed by atoms with Gasteiger partial charge >= 0.3 is 0 Å². The number of aryl methyl sites for hydroxylation is 1. The maximum atomic E-state index is 12.1. The maximum Gasteiger partial charge on any atom is 0.295 e. The van der Waals surface area contributed by atoms with Crippen molar-refractivity contribution in [3.63, 3.8) is 0 Å². The summed E-state index contributed by atoms with van der Waals surface area (Å²) in [5, 5.41) is 9.47. The van der Waals surface area contributed by atoms with Crippen LogP contribution in [0.4, 0.5) is 5.69 Å². The third-order valence-electron chi connectivity index (χ3n) is 2.56. The van der Waals surface area contributed by atoms with E-state index < -0.39 is 0 Å². The van der Waals surface area contributed by atoms with Crippen molar-refractivity contribution in [2.75, 3.05) is 11.1 Å². The molecule has 5 nitrogen and oxygen atoms in total. The lowest BCUT2D eigenvalue weighted by Gasteiger charge is -2.08.